The first-order valence-corrected chi connectivity index (χ1v) is 13.2. The first-order valence-electron chi connectivity index (χ1n) is 9.50. The number of aromatic nitrogens is 3. The van der Waals surface area contributed by atoms with Crippen molar-refractivity contribution in [1.82, 2.24) is 25.4 Å². The van der Waals surface area contributed by atoms with Gasteiger partial charge in [-0.25, -0.2) is 9.78 Å². The van der Waals surface area contributed by atoms with Crippen molar-refractivity contribution in [2.75, 3.05) is 17.2 Å². The van der Waals surface area contributed by atoms with Gasteiger partial charge in [-0.3, -0.25) is 19.3 Å². The number of oxime groups is 1. The number of hydrogen-bond donors (Lipinski definition) is 5. The number of nitrogens with two attached hydrogens (primary N) is 1. The lowest BCUT2D eigenvalue weighted by molar-refractivity contribution is -0.150. The summed E-state index contributed by atoms with van der Waals surface area (Å²) in [5.74, 6) is -3.31. The summed E-state index contributed by atoms with van der Waals surface area (Å²) in [6.07, 6.45) is -0.257. The van der Waals surface area contributed by atoms with Crippen molar-refractivity contribution in [3.05, 3.63) is 27.4 Å². The van der Waals surface area contributed by atoms with E-state index in [1.54, 1.807) is 0 Å². The number of β-lactam (4-membered cyclic amide) rings is 1. The molecule has 14 nitrogen and oxygen atoms in total. The Kier molecular flexibility index (Phi) is 7.24. The molecule has 4 rings (SSSR count). The van der Waals surface area contributed by atoms with E-state index in [4.69, 9.17) is 10.8 Å². The van der Waals surface area contributed by atoms with Crippen LogP contribution < -0.4 is 11.1 Å². The summed E-state index contributed by atoms with van der Waals surface area (Å²) in [4.78, 5) is 53.2. The highest BCUT2D eigenvalue weighted by molar-refractivity contribution is 8.01. The van der Waals surface area contributed by atoms with Gasteiger partial charge < -0.3 is 26.5 Å². The minimum Gasteiger partial charge on any atom is -0.481 e. The number of carboxylic acids is 2. The van der Waals surface area contributed by atoms with Crippen molar-refractivity contribution >= 4 is 80.8 Å². The fraction of sp³-hybridized carbons (Fsp3) is 0.294. The zero-order valence-electron chi connectivity index (χ0n) is 17.3. The molecule has 0 bridgehead atoms. The third-order valence-corrected chi connectivity index (χ3v) is 8.89. The Morgan fingerprint density at radius 2 is 2.09 bits per heavy atom. The molecular formula is C17H15N7O7S4. The van der Waals surface area contributed by atoms with E-state index in [0.717, 1.165) is 27.6 Å². The summed E-state index contributed by atoms with van der Waals surface area (Å²) in [5.41, 5.74) is 5.47. The molecule has 1 unspecified atom stereocenters. The van der Waals surface area contributed by atoms with E-state index < -0.39 is 40.9 Å². The van der Waals surface area contributed by atoms with Gasteiger partial charge in [-0.05, 0) is 5.57 Å². The molecule has 2 atom stereocenters. The second-order valence-corrected chi connectivity index (χ2v) is 11.2. The number of amides is 2. The van der Waals surface area contributed by atoms with Gasteiger partial charge in [-0.1, -0.05) is 28.3 Å². The zero-order chi connectivity index (χ0) is 25.3. The van der Waals surface area contributed by atoms with Crippen LogP contribution in [0.5, 0.6) is 0 Å². The average Bonchev–Trinajstić information content (AvgIpc) is 3.43. The third-order valence-electron chi connectivity index (χ3n) is 4.74. The first kappa shape index (κ1) is 24.9. The topological polar surface area (TPSA) is 221 Å². The number of carbonyl (C=O) groups excluding carboxylic acids is 2. The predicted molar refractivity (Wildman–Crippen MR) is 127 cm³/mol. The van der Waals surface area contributed by atoms with Gasteiger partial charge in [0.25, 0.3) is 11.8 Å². The summed E-state index contributed by atoms with van der Waals surface area (Å²) < 4.78 is 0.476. The highest BCUT2D eigenvalue weighted by Gasteiger charge is 2.54. The molecule has 2 aromatic heterocycles. The maximum absolute atomic E-state index is 12.8. The van der Waals surface area contributed by atoms with Crippen molar-refractivity contribution < 1.29 is 34.6 Å². The molecule has 1 fully saturated rings. The molecule has 2 aliphatic rings. The number of nitrogen functional groups attached to an aromatic ring is 1. The molecule has 35 heavy (non-hydrogen) atoms. The third kappa shape index (κ3) is 5.09. The van der Waals surface area contributed by atoms with E-state index in [-0.39, 0.29) is 34.4 Å². The van der Waals surface area contributed by atoms with Crippen LogP contribution >= 0.6 is 46.2 Å². The van der Waals surface area contributed by atoms with Crippen LogP contribution in [0, 0.1) is 0 Å². The standard InChI is InChI=1S/C17H15N7O7S4/c18-16-19-6(4-33-16)9(23-31)12(27)20-10-13(28)24-11(15(29)30)5(2-32-14(10)24)3-34-17-22-21-7(35-17)1-8(25)26/h4,10,14,31H,1-3H2,(H2,18,19)(H,20,27)(H,25,26)(H,29,30)/t10?,14-/m1/s1. The number of aliphatic carboxylic acids is 2. The maximum atomic E-state index is 12.8. The Bertz CT molecular complexity index is 1270. The van der Waals surface area contributed by atoms with Crippen LogP contribution in [-0.4, -0.2) is 87.9 Å². The molecule has 18 heteroatoms. The van der Waals surface area contributed by atoms with Crippen molar-refractivity contribution in [1.29, 1.82) is 0 Å². The molecule has 0 aliphatic carbocycles. The summed E-state index contributed by atoms with van der Waals surface area (Å²) in [6, 6.07) is -1.02. The van der Waals surface area contributed by atoms with E-state index in [2.05, 4.69) is 25.7 Å². The van der Waals surface area contributed by atoms with Crippen molar-refractivity contribution in [2.45, 2.75) is 22.2 Å². The Morgan fingerprint density at radius 3 is 2.71 bits per heavy atom. The number of anilines is 1. The highest BCUT2D eigenvalue weighted by Crippen LogP contribution is 2.41. The first-order chi connectivity index (χ1) is 16.7. The lowest BCUT2D eigenvalue weighted by Crippen LogP contribution is -2.71. The molecule has 2 amide bonds. The van der Waals surface area contributed by atoms with Crippen molar-refractivity contribution in [3.63, 3.8) is 0 Å². The van der Waals surface area contributed by atoms with Crippen LogP contribution in [0.25, 0.3) is 0 Å². The van der Waals surface area contributed by atoms with Crippen LogP contribution in [0.3, 0.4) is 0 Å². The van der Waals surface area contributed by atoms with Crippen LogP contribution in [0.2, 0.25) is 0 Å². The summed E-state index contributed by atoms with van der Waals surface area (Å²) in [7, 11) is 0. The number of thioether (sulfide) groups is 2. The number of rotatable bonds is 9. The summed E-state index contributed by atoms with van der Waals surface area (Å²) in [5, 5.41) is 42.2. The average molecular weight is 558 g/mol. The van der Waals surface area contributed by atoms with Crippen molar-refractivity contribution in [2.24, 2.45) is 5.16 Å². The van der Waals surface area contributed by atoms with E-state index in [1.807, 2.05) is 0 Å². The number of carbonyl (C=O) groups is 4. The molecule has 4 heterocycles. The molecule has 2 aliphatic heterocycles. The highest BCUT2D eigenvalue weighted by atomic mass is 32.2. The van der Waals surface area contributed by atoms with Crippen LogP contribution in [0.1, 0.15) is 10.7 Å². The molecule has 2 aromatic rings. The lowest BCUT2D eigenvalue weighted by atomic mass is 10.0. The molecule has 0 spiro atoms. The van der Waals surface area contributed by atoms with Crippen LogP contribution in [0.15, 0.2) is 26.1 Å². The minimum atomic E-state index is -1.29. The van der Waals surface area contributed by atoms with Gasteiger partial charge in [0.05, 0.1) is 6.42 Å². The summed E-state index contributed by atoms with van der Waals surface area (Å²) >= 11 is 4.61. The number of carboxylic acid groups (broad SMARTS) is 2. The van der Waals surface area contributed by atoms with Crippen LogP contribution in [-0.2, 0) is 25.6 Å². The fourth-order valence-electron chi connectivity index (χ4n) is 3.26. The normalized spacial score (nSPS) is 19.8. The second-order valence-electron chi connectivity index (χ2n) is 6.96. The number of thiazole rings is 1. The van der Waals surface area contributed by atoms with E-state index >= 15 is 0 Å². The Hall–Kier alpha value is -3.22. The summed E-state index contributed by atoms with van der Waals surface area (Å²) in [6.45, 7) is 0. The molecule has 0 aromatic carbocycles. The number of hydrogen-bond acceptors (Lipinski definition) is 14. The van der Waals surface area contributed by atoms with Gasteiger partial charge in [-0.15, -0.1) is 33.3 Å². The van der Waals surface area contributed by atoms with Gasteiger partial charge in [0, 0.05) is 16.9 Å². The van der Waals surface area contributed by atoms with Gasteiger partial charge in [0.1, 0.15) is 27.8 Å². The Morgan fingerprint density at radius 1 is 1.31 bits per heavy atom. The second kappa shape index (κ2) is 10.2. The number of nitrogens with zero attached hydrogens (tertiary/aromatic N) is 5. The SMILES string of the molecule is Nc1nc(C(=NO)C(=O)NC2C(=O)N3C(C(=O)O)=C(CSc4nnc(CC(=O)O)s4)CS[C@H]23)cs1. The molecule has 184 valence electrons. The van der Waals surface area contributed by atoms with Crippen LogP contribution in [0.4, 0.5) is 5.13 Å². The zero-order valence-corrected chi connectivity index (χ0v) is 20.5. The van der Waals surface area contributed by atoms with E-state index in [1.165, 1.54) is 28.9 Å². The van der Waals surface area contributed by atoms with Gasteiger partial charge in [0.2, 0.25) is 0 Å². The molecular weight excluding hydrogens is 542 g/mol. The maximum Gasteiger partial charge on any atom is 0.352 e. The number of fused-ring (bicyclic) bond motifs is 1. The monoisotopic (exact) mass is 557 g/mol. The molecule has 1 saturated heterocycles. The van der Waals surface area contributed by atoms with Gasteiger partial charge in [0.15, 0.2) is 15.2 Å². The molecule has 0 saturated carbocycles. The molecule has 0 radical (unpaired) electrons. The van der Waals surface area contributed by atoms with E-state index in [9.17, 15) is 29.5 Å². The Labute approximate surface area is 212 Å². The quantitative estimate of drug-likeness (QED) is 0.0895. The fourth-order valence-corrected chi connectivity index (χ4v) is 7.18. The van der Waals surface area contributed by atoms with Gasteiger partial charge >= 0.3 is 11.9 Å². The smallest absolute Gasteiger partial charge is 0.352 e. The van der Waals surface area contributed by atoms with Crippen molar-refractivity contribution in [3.8, 4) is 0 Å². The van der Waals surface area contributed by atoms with E-state index in [0.29, 0.717) is 14.9 Å². The number of nitrogens with one attached hydrogen (secondary N) is 1. The van der Waals surface area contributed by atoms with Gasteiger partial charge in [-0.2, -0.15) is 0 Å². The molecule has 6 N–H and O–H groups in total. The predicted octanol–water partition coefficient (Wildman–Crippen LogP) is -0.0869. The largest absolute Gasteiger partial charge is 0.481 e. The Balaban J connectivity index is 1.45. The lowest BCUT2D eigenvalue weighted by Gasteiger charge is -2.49. The minimum absolute atomic E-state index is 0.0426.